The second-order valence-corrected chi connectivity index (χ2v) is 5.18. The smallest absolute Gasteiger partial charge is 0.219 e. The van der Waals surface area contributed by atoms with Crippen LogP contribution in [0.3, 0.4) is 0 Å². The molecule has 1 N–H and O–H groups in total. The number of pyridine rings is 1. The Morgan fingerprint density at radius 3 is 2.89 bits per heavy atom. The molecule has 0 atom stereocenters. The molecule has 0 bridgehead atoms. The van der Waals surface area contributed by atoms with Gasteiger partial charge in [-0.2, -0.15) is 0 Å². The van der Waals surface area contributed by atoms with Crippen LogP contribution in [0.15, 0.2) is 40.9 Å². The topological polar surface area (TPSA) is 34.1 Å². The molecule has 0 spiro atoms. The minimum atomic E-state index is 0.622. The Bertz CT molecular complexity index is 558. The van der Waals surface area contributed by atoms with E-state index in [9.17, 15) is 0 Å². The molecule has 1 aromatic heterocycles. The van der Waals surface area contributed by atoms with E-state index >= 15 is 0 Å². The summed E-state index contributed by atoms with van der Waals surface area (Å²) in [5.41, 5.74) is 2.06. The molecule has 0 amide bonds. The normalized spacial score (nSPS) is 10.5. The van der Waals surface area contributed by atoms with Crippen LogP contribution in [0.2, 0.25) is 0 Å². The number of benzene rings is 1. The minimum Gasteiger partial charge on any atom is -0.439 e. The van der Waals surface area contributed by atoms with Crippen LogP contribution in [0, 0.1) is 6.92 Å². The summed E-state index contributed by atoms with van der Waals surface area (Å²) in [6.07, 6.45) is 0. The van der Waals surface area contributed by atoms with Gasteiger partial charge in [0.25, 0.3) is 0 Å². The number of halogens is 1. The average molecular weight is 321 g/mol. The number of ether oxygens (including phenoxy) is 1. The summed E-state index contributed by atoms with van der Waals surface area (Å²) in [5, 5.41) is 3.25. The second-order valence-electron chi connectivity index (χ2n) is 4.26. The summed E-state index contributed by atoms with van der Waals surface area (Å²) in [6.45, 7) is 5.78. The molecule has 100 valence electrons. The summed E-state index contributed by atoms with van der Waals surface area (Å²) in [6, 6.07) is 11.8. The number of aromatic nitrogens is 1. The number of nitrogens with one attached hydrogen (secondary N) is 1. The molecule has 0 fully saturated rings. The van der Waals surface area contributed by atoms with Gasteiger partial charge in [0, 0.05) is 17.1 Å². The van der Waals surface area contributed by atoms with Gasteiger partial charge in [0.1, 0.15) is 5.75 Å². The van der Waals surface area contributed by atoms with Crippen molar-refractivity contribution in [1.29, 1.82) is 0 Å². The molecule has 19 heavy (non-hydrogen) atoms. The van der Waals surface area contributed by atoms with Crippen molar-refractivity contribution in [3.05, 3.63) is 52.1 Å². The van der Waals surface area contributed by atoms with Gasteiger partial charge in [0.05, 0.1) is 5.69 Å². The van der Waals surface area contributed by atoms with Crippen LogP contribution in [0.4, 0.5) is 0 Å². The van der Waals surface area contributed by atoms with Crippen molar-refractivity contribution in [1.82, 2.24) is 10.3 Å². The molecule has 0 unspecified atom stereocenters. The third kappa shape index (κ3) is 4.04. The molecule has 1 heterocycles. The number of hydrogen-bond donors (Lipinski definition) is 1. The Balaban J connectivity index is 2.16. The van der Waals surface area contributed by atoms with E-state index in [0.29, 0.717) is 5.88 Å². The van der Waals surface area contributed by atoms with E-state index in [1.54, 1.807) is 0 Å². The predicted molar refractivity (Wildman–Crippen MR) is 80.6 cm³/mol. The van der Waals surface area contributed by atoms with Crippen molar-refractivity contribution < 1.29 is 4.74 Å². The van der Waals surface area contributed by atoms with Crippen molar-refractivity contribution >= 4 is 15.9 Å². The van der Waals surface area contributed by atoms with E-state index in [1.165, 1.54) is 0 Å². The largest absolute Gasteiger partial charge is 0.439 e. The molecule has 2 aromatic rings. The molecule has 3 nitrogen and oxygen atoms in total. The van der Waals surface area contributed by atoms with Gasteiger partial charge in [-0.05, 0) is 37.2 Å². The first-order chi connectivity index (χ1) is 9.19. The lowest BCUT2D eigenvalue weighted by Crippen LogP contribution is -2.12. The average Bonchev–Trinajstić information content (AvgIpc) is 2.41. The van der Waals surface area contributed by atoms with Crippen molar-refractivity contribution in [2.24, 2.45) is 0 Å². The SMILES string of the molecule is CCNCc1cccc(Oc2cc(Br)ccc2C)n1. The van der Waals surface area contributed by atoms with E-state index in [4.69, 9.17) is 4.74 Å². The van der Waals surface area contributed by atoms with Gasteiger partial charge >= 0.3 is 0 Å². The van der Waals surface area contributed by atoms with Crippen molar-refractivity contribution in [3.8, 4) is 11.6 Å². The van der Waals surface area contributed by atoms with Crippen molar-refractivity contribution in [2.75, 3.05) is 6.54 Å². The zero-order valence-electron chi connectivity index (χ0n) is 11.1. The maximum absolute atomic E-state index is 5.84. The highest BCUT2D eigenvalue weighted by atomic mass is 79.9. The first kappa shape index (κ1) is 14.0. The van der Waals surface area contributed by atoms with Gasteiger partial charge in [0.15, 0.2) is 0 Å². The monoisotopic (exact) mass is 320 g/mol. The van der Waals surface area contributed by atoms with Crippen LogP contribution in [0.5, 0.6) is 11.6 Å². The fourth-order valence-corrected chi connectivity index (χ4v) is 2.00. The molecule has 4 heteroatoms. The van der Waals surface area contributed by atoms with Crippen molar-refractivity contribution in [3.63, 3.8) is 0 Å². The van der Waals surface area contributed by atoms with E-state index in [1.807, 2.05) is 43.3 Å². The van der Waals surface area contributed by atoms with Gasteiger partial charge in [0.2, 0.25) is 5.88 Å². The highest BCUT2D eigenvalue weighted by Crippen LogP contribution is 2.27. The standard InChI is InChI=1S/C15H17BrN2O/c1-3-17-10-13-5-4-6-15(18-13)19-14-9-12(16)8-7-11(14)2/h4-9,17H,3,10H2,1-2H3. The van der Waals surface area contributed by atoms with Gasteiger partial charge < -0.3 is 10.1 Å². The Kier molecular flexibility index (Phi) is 4.93. The van der Waals surface area contributed by atoms with Crippen molar-refractivity contribution in [2.45, 2.75) is 20.4 Å². The quantitative estimate of drug-likeness (QED) is 0.902. The summed E-state index contributed by atoms with van der Waals surface area (Å²) in [7, 11) is 0. The van der Waals surface area contributed by atoms with Crippen LogP contribution < -0.4 is 10.1 Å². The predicted octanol–water partition coefficient (Wildman–Crippen LogP) is 4.05. The van der Waals surface area contributed by atoms with E-state index in [-0.39, 0.29) is 0 Å². The molecular formula is C15H17BrN2O. The Morgan fingerprint density at radius 1 is 1.26 bits per heavy atom. The third-order valence-electron chi connectivity index (χ3n) is 2.70. The van der Waals surface area contributed by atoms with Gasteiger partial charge in [-0.1, -0.05) is 35.0 Å². The van der Waals surface area contributed by atoms with Crippen LogP contribution in [-0.2, 0) is 6.54 Å². The molecule has 0 aliphatic rings. The summed E-state index contributed by atoms with van der Waals surface area (Å²) in [4.78, 5) is 4.48. The Morgan fingerprint density at radius 2 is 2.11 bits per heavy atom. The fourth-order valence-electron chi connectivity index (χ4n) is 1.66. The summed E-state index contributed by atoms with van der Waals surface area (Å²) in [5.74, 6) is 1.44. The maximum atomic E-state index is 5.84. The van der Waals surface area contributed by atoms with Crippen LogP contribution >= 0.6 is 15.9 Å². The molecular weight excluding hydrogens is 304 g/mol. The first-order valence-electron chi connectivity index (χ1n) is 6.29. The third-order valence-corrected chi connectivity index (χ3v) is 3.20. The lowest BCUT2D eigenvalue weighted by molar-refractivity contribution is 0.456. The van der Waals surface area contributed by atoms with E-state index in [0.717, 1.165) is 34.6 Å². The summed E-state index contributed by atoms with van der Waals surface area (Å²) < 4.78 is 6.84. The highest BCUT2D eigenvalue weighted by molar-refractivity contribution is 9.10. The van der Waals surface area contributed by atoms with Crippen LogP contribution in [-0.4, -0.2) is 11.5 Å². The van der Waals surface area contributed by atoms with E-state index < -0.39 is 0 Å². The Hall–Kier alpha value is -1.39. The number of rotatable bonds is 5. The van der Waals surface area contributed by atoms with Gasteiger partial charge in [-0.15, -0.1) is 0 Å². The summed E-state index contributed by atoms with van der Waals surface area (Å²) >= 11 is 3.45. The van der Waals surface area contributed by atoms with E-state index in [2.05, 4.69) is 33.2 Å². The highest BCUT2D eigenvalue weighted by Gasteiger charge is 2.04. The molecule has 1 aromatic carbocycles. The zero-order chi connectivity index (χ0) is 13.7. The molecule has 0 saturated heterocycles. The Labute approximate surface area is 122 Å². The van der Waals surface area contributed by atoms with Crippen LogP contribution in [0.1, 0.15) is 18.2 Å². The second kappa shape index (κ2) is 6.68. The number of nitrogens with zero attached hydrogens (tertiary/aromatic N) is 1. The number of hydrogen-bond acceptors (Lipinski definition) is 3. The molecule has 0 saturated carbocycles. The maximum Gasteiger partial charge on any atom is 0.219 e. The van der Waals surface area contributed by atoms with Gasteiger partial charge in [-0.3, -0.25) is 0 Å². The number of aryl methyl sites for hydroxylation is 1. The molecule has 2 rings (SSSR count). The lowest BCUT2D eigenvalue weighted by Gasteiger charge is -2.09. The van der Waals surface area contributed by atoms with Crippen LogP contribution in [0.25, 0.3) is 0 Å². The lowest BCUT2D eigenvalue weighted by atomic mass is 10.2. The minimum absolute atomic E-state index is 0.622. The molecule has 0 radical (unpaired) electrons. The zero-order valence-corrected chi connectivity index (χ0v) is 12.7. The molecule has 0 aliphatic carbocycles. The molecule has 0 aliphatic heterocycles. The van der Waals surface area contributed by atoms with Gasteiger partial charge in [-0.25, -0.2) is 4.98 Å². The fraction of sp³-hybridized carbons (Fsp3) is 0.267. The first-order valence-corrected chi connectivity index (χ1v) is 7.09.